The third-order valence-electron chi connectivity index (χ3n) is 2.63. The van der Waals surface area contributed by atoms with Crippen LogP contribution >= 0.6 is 11.8 Å². The molecule has 0 radical (unpaired) electrons. The van der Waals surface area contributed by atoms with Crippen LogP contribution in [0.25, 0.3) is 0 Å². The van der Waals surface area contributed by atoms with E-state index in [0.717, 1.165) is 11.3 Å². The second kappa shape index (κ2) is 6.85. The van der Waals surface area contributed by atoms with E-state index in [1.54, 1.807) is 18.7 Å². The molecule has 1 aromatic rings. The van der Waals surface area contributed by atoms with Gasteiger partial charge in [0.05, 0.1) is 0 Å². The summed E-state index contributed by atoms with van der Waals surface area (Å²) in [5.41, 5.74) is 6.84. The minimum absolute atomic E-state index is 0.149. The maximum atomic E-state index is 11.6. The third kappa shape index (κ3) is 6.08. The Balaban J connectivity index is 2.77. The van der Waals surface area contributed by atoms with E-state index in [-0.39, 0.29) is 4.75 Å². The molecular weight excluding hydrogens is 286 g/mol. The Bertz CT molecular complexity index is 538. The van der Waals surface area contributed by atoms with E-state index < -0.39 is 18.0 Å². The van der Waals surface area contributed by atoms with Crippen molar-refractivity contribution in [1.29, 1.82) is 0 Å². The summed E-state index contributed by atoms with van der Waals surface area (Å²) < 4.78 is 0.149. The highest BCUT2D eigenvalue weighted by molar-refractivity contribution is 8.00. The second-order valence-corrected chi connectivity index (χ2v) is 7.81. The minimum Gasteiger partial charge on any atom is -0.374 e. The van der Waals surface area contributed by atoms with Gasteiger partial charge in [-0.3, -0.25) is 10.1 Å². The summed E-state index contributed by atoms with van der Waals surface area (Å²) >= 11 is 1.79. The van der Waals surface area contributed by atoms with Crippen molar-refractivity contribution >= 4 is 29.4 Å². The average molecular weight is 309 g/mol. The lowest BCUT2D eigenvalue weighted by molar-refractivity contribution is -0.120. The molecule has 1 aromatic carbocycles. The standard InChI is InChI=1S/C15H23N3O2S/c1-9-8-11(21-15(3,4)5)6-7-12(9)17-10(2)13(19)18-14(16)20/h6-8,10,17H,1-5H3,(H3,16,18,19,20). The van der Waals surface area contributed by atoms with Crippen LogP contribution in [0.3, 0.4) is 0 Å². The number of benzene rings is 1. The highest BCUT2D eigenvalue weighted by atomic mass is 32.2. The van der Waals surface area contributed by atoms with E-state index in [2.05, 4.69) is 37.5 Å². The van der Waals surface area contributed by atoms with Crippen LogP contribution in [-0.2, 0) is 4.79 Å². The van der Waals surface area contributed by atoms with Gasteiger partial charge >= 0.3 is 6.03 Å². The Morgan fingerprint density at radius 2 is 1.90 bits per heavy atom. The molecule has 3 amide bonds. The molecule has 6 heteroatoms. The fourth-order valence-corrected chi connectivity index (χ4v) is 2.82. The molecule has 0 aliphatic rings. The van der Waals surface area contributed by atoms with Crippen molar-refractivity contribution in [2.24, 2.45) is 5.73 Å². The number of rotatable bonds is 4. The van der Waals surface area contributed by atoms with Crippen molar-refractivity contribution in [2.45, 2.75) is 50.3 Å². The number of amides is 3. The second-order valence-electron chi connectivity index (χ2n) is 5.91. The number of carbonyl (C=O) groups is 2. The van der Waals surface area contributed by atoms with Crippen LogP contribution in [0.15, 0.2) is 23.1 Å². The van der Waals surface area contributed by atoms with Gasteiger partial charge in [0.15, 0.2) is 0 Å². The van der Waals surface area contributed by atoms with Gasteiger partial charge in [-0.05, 0) is 37.6 Å². The van der Waals surface area contributed by atoms with Gasteiger partial charge in [-0.1, -0.05) is 20.8 Å². The molecule has 0 aromatic heterocycles. The van der Waals surface area contributed by atoms with E-state index in [1.165, 1.54) is 4.90 Å². The molecule has 0 spiro atoms. The average Bonchev–Trinajstić information content (AvgIpc) is 2.29. The van der Waals surface area contributed by atoms with Crippen LogP contribution in [0, 0.1) is 6.92 Å². The molecule has 1 atom stereocenters. The maximum absolute atomic E-state index is 11.6. The lowest BCUT2D eigenvalue weighted by Crippen LogP contribution is -2.43. The van der Waals surface area contributed by atoms with Crippen molar-refractivity contribution in [3.63, 3.8) is 0 Å². The summed E-state index contributed by atoms with van der Waals surface area (Å²) in [5, 5.41) is 5.13. The first-order valence-corrected chi connectivity index (χ1v) is 7.56. The van der Waals surface area contributed by atoms with Crippen LogP contribution in [0.4, 0.5) is 10.5 Å². The topological polar surface area (TPSA) is 84.2 Å². The SMILES string of the molecule is Cc1cc(SC(C)(C)C)ccc1NC(C)C(=O)NC(N)=O. The zero-order valence-electron chi connectivity index (χ0n) is 13.1. The Labute approximate surface area is 130 Å². The molecule has 0 fully saturated rings. The number of hydrogen-bond acceptors (Lipinski definition) is 4. The maximum Gasteiger partial charge on any atom is 0.318 e. The summed E-state index contributed by atoms with van der Waals surface area (Å²) in [6.07, 6.45) is 0. The molecule has 0 heterocycles. The molecule has 0 bridgehead atoms. The number of thioether (sulfide) groups is 1. The lowest BCUT2D eigenvalue weighted by atomic mass is 10.2. The van der Waals surface area contributed by atoms with Gasteiger partial charge in [-0.25, -0.2) is 4.79 Å². The number of anilines is 1. The molecule has 4 N–H and O–H groups in total. The first kappa shape index (κ1) is 17.4. The zero-order valence-corrected chi connectivity index (χ0v) is 13.9. The molecule has 116 valence electrons. The zero-order chi connectivity index (χ0) is 16.2. The van der Waals surface area contributed by atoms with E-state index in [9.17, 15) is 9.59 Å². The van der Waals surface area contributed by atoms with Gasteiger partial charge in [0.1, 0.15) is 6.04 Å². The van der Waals surface area contributed by atoms with Crippen LogP contribution in [0.1, 0.15) is 33.3 Å². The van der Waals surface area contributed by atoms with Crippen LogP contribution in [-0.4, -0.2) is 22.7 Å². The summed E-state index contributed by atoms with van der Waals surface area (Å²) in [5.74, 6) is -0.449. The van der Waals surface area contributed by atoms with Crippen molar-refractivity contribution in [2.75, 3.05) is 5.32 Å². The summed E-state index contributed by atoms with van der Waals surface area (Å²) in [7, 11) is 0. The fourth-order valence-electron chi connectivity index (χ4n) is 1.74. The molecule has 0 aliphatic carbocycles. The first-order valence-electron chi connectivity index (χ1n) is 6.75. The van der Waals surface area contributed by atoms with Crippen LogP contribution in [0.2, 0.25) is 0 Å². The number of imide groups is 1. The molecule has 0 saturated heterocycles. The Morgan fingerprint density at radius 1 is 1.29 bits per heavy atom. The van der Waals surface area contributed by atoms with Gasteiger partial charge in [0.25, 0.3) is 0 Å². The first-order chi connectivity index (χ1) is 9.58. The van der Waals surface area contributed by atoms with Crippen molar-refractivity contribution in [1.82, 2.24) is 5.32 Å². The monoisotopic (exact) mass is 309 g/mol. The van der Waals surface area contributed by atoms with E-state index in [1.807, 2.05) is 19.1 Å². The quantitative estimate of drug-likeness (QED) is 0.747. The van der Waals surface area contributed by atoms with E-state index in [4.69, 9.17) is 5.73 Å². The van der Waals surface area contributed by atoms with Gasteiger partial charge in [0, 0.05) is 15.3 Å². The highest BCUT2D eigenvalue weighted by Crippen LogP contribution is 2.33. The number of nitrogens with two attached hydrogens (primary N) is 1. The number of nitrogens with one attached hydrogen (secondary N) is 2. The number of urea groups is 1. The van der Waals surface area contributed by atoms with Gasteiger partial charge in [0.2, 0.25) is 5.91 Å². The Hall–Kier alpha value is -1.69. The van der Waals surface area contributed by atoms with Gasteiger partial charge < -0.3 is 11.1 Å². The number of carbonyl (C=O) groups excluding carboxylic acids is 2. The smallest absolute Gasteiger partial charge is 0.318 e. The normalized spacial score (nSPS) is 12.6. The molecule has 0 aliphatic heterocycles. The van der Waals surface area contributed by atoms with Crippen LogP contribution in [0.5, 0.6) is 0 Å². The number of aryl methyl sites for hydroxylation is 1. The predicted molar refractivity (Wildman–Crippen MR) is 87.6 cm³/mol. The van der Waals surface area contributed by atoms with Crippen molar-refractivity contribution < 1.29 is 9.59 Å². The summed E-state index contributed by atoms with van der Waals surface area (Å²) in [6, 6.07) is 4.65. The predicted octanol–water partition coefficient (Wildman–Crippen LogP) is 2.88. The molecule has 1 unspecified atom stereocenters. The lowest BCUT2D eigenvalue weighted by Gasteiger charge is -2.20. The molecule has 0 saturated carbocycles. The number of hydrogen-bond donors (Lipinski definition) is 3. The summed E-state index contributed by atoms with van der Waals surface area (Å²) in [6.45, 7) is 10.1. The molecule has 1 rings (SSSR count). The Morgan fingerprint density at radius 3 is 2.38 bits per heavy atom. The Kier molecular flexibility index (Phi) is 5.66. The highest BCUT2D eigenvalue weighted by Gasteiger charge is 2.16. The minimum atomic E-state index is -0.845. The fraction of sp³-hybridized carbons (Fsp3) is 0.467. The molecule has 5 nitrogen and oxygen atoms in total. The largest absolute Gasteiger partial charge is 0.374 e. The third-order valence-corrected chi connectivity index (χ3v) is 3.74. The number of primary amides is 1. The van der Waals surface area contributed by atoms with Crippen molar-refractivity contribution in [3.05, 3.63) is 23.8 Å². The van der Waals surface area contributed by atoms with E-state index >= 15 is 0 Å². The van der Waals surface area contributed by atoms with Gasteiger partial charge in [-0.15, -0.1) is 11.8 Å². The molecule has 21 heavy (non-hydrogen) atoms. The van der Waals surface area contributed by atoms with E-state index in [0.29, 0.717) is 0 Å². The molecular formula is C15H23N3O2S. The van der Waals surface area contributed by atoms with Crippen molar-refractivity contribution in [3.8, 4) is 0 Å². The van der Waals surface area contributed by atoms with Gasteiger partial charge in [-0.2, -0.15) is 0 Å². The summed E-state index contributed by atoms with van der Waals surface area (Å²) in [4.78, 5) is 23.5. The van der Waals surface area contributed by atoms with Crippen LogP contribution < -0.4 is 16.4 Å².